The average Bonchev–Trinajstić information content (AvgIpc) is 2.99. The standard InChI is InChI=1S/C14H23N5O2/c1-15-13-12(20-2)14(18-9-17-13)16-6-11-7-19-5-3-4-10(19)8-21-11/h9-11H,3-8H2,1-2H3,(H2,15,16,17,18). The van der Waals surface area contributed by atoms with Crippen LogP contribution in [0.2, 0.25) is 0 Å². The van der Waals surface area contributed by atoms with Crippen molar-refractivity contribution >= 4 is 11.6 Å². The number of nitrogens with one attached hydrogen (secondary N) is 2. The van der Waals surface area contributed by atoms with Crippen molar-refractivity contribution in [2.75, 3.05) is 51.0 Å². The fourth-order valence-corrected chi connectivity index (χ4v) is 3.09. The zero-order chi connectivity index (χ0) is 14.7. The van der Waals surface area contributed by atoms with Crippen molar-refractivity contribution in [3.8, 4) is 5.75 Å². The summed E-state index contributed by atoms with van der Waals surface area (Å²) in [6.45, 7) is 3.75. The third kappa shape index (κ3) is 3.03. The summed E-state index contributed by atoms with van der Waals surface area (Å²) in [5.41, 5.74) is 0. The largest absolute Gasteiger partial charge is 0.490 e. The summed E-state index contributed by atoms with van der Waals surface area (Å²) in [4.78, 5) is 10.9. The van der Waals surface area contributed by atoms with Crippen LogP contribution in [-0.4, -0.2) is 67.4 Å². The predicted octanol–water partition coefficient (Wildman–Crippen LogP) is 0.802. The van der Waals surface area contributed by atoms with E-state index in [4.69, 9.17) is 9.47 Å². The van der Waals surface area contributed by atoms with Gasteiger partial charge in [-0.15, -0.1) is 0 Å². The third-order valence-electron chi connectivity index (χ3n) is 4.20. The molecule has 0 spiro atoms. The Bertz CT molecular complexity index is 484. The van der Waals surface area contributed by atoms with E-state index in [0.717, 1.165) is 19.7 Å². The van der Waals surface area contributed by atoms with Crippen LogP contribution >= 0.6 is 0 Å². The van der Waals surface area contributed by atoms with Gasteiger partial charge in [0.05, 0.1) is 19.8 Å². The van der Waals surface area contributed by atoms with E-state index in [-0.39, 0.29) is 6.10 Å². The zero-order valence-corrected chi connectivity index (χ0v) is 12.6. The molecule has 3 heterocycles. The molecular formula is C14H23N5O2. The highest BCUT2D eigenvalue weighted by Gasteiger charge is 2.32. The Hall–Kier alpha value is -1.60. The predicted molar refractivity (Wildman–Crippen MR) is 81.0 cm³/mol. The van der Waals surface area contributed by atoms with Gasteiger partial charge in [-0.2, -0.15) is 0 Å². The van der Waals surface area contributed by atoms with Crippen molar-refractivity contribution in [2.24, 2.45) is 0 Å². The third-order valence-corrected chi connectivity index (χ3v) is 4.20. The summed E-state index contributed by atoms with van der Waals surface area (Å²) in [6.07, 6.45) is 4.27. The van der Waals surface area contributed by atoms with Gasteiger partial charge in [-0.05, 0) is 19.4 Å². The molecule has 2 saturated heterocycles. The molecule has 3 rings (SSSR count). The lowest BCUT2D eigenvalue weighted by atomic mass is 10.2. The van der Waals surface area contributed by atoms with Crippen LogP contribution in [-0.2, 0) is 4.74 Å². The van der Waals surface area contributed by atoms with E-state index in [1.54, 1.807) is 7.11 Å². The lowest BCUT2D eigenvalue weighted by Gasteiger charge is -2.35. The van der Waals surface area contributed by atoms with Crippen molar-refractivity contribution in [2.45, 2.75) is 25.0 Å². The Morgan fingerprint density at radius 2 is 2.29 bits per heavy atom. The topological polar surface area (TPSA) is 71.5 Å². The van der Waals surface area contributed by atoms with Gasteiger partial charge >= 0.3 is 0 Å². The highest BCUT2D eigenvalue weighted by Crippen LogP contribution is 2.29. The van der Waals surface area contributed by atoms with Gasteiger partial charge in [0.1, 0.15) is 6.33 Å². The van der Waals surface area contributed by atoms with Crippen molar-refractivity contribution < 1.29 is 9.47 Å². The second-order valence-corrected chi connectivity index (χ2v) is 5.48. The van der Waals surface area contributed by atoms with E-state index in [9.17, 15) is 0 Å². The first-order chi connectivity index (χ1) is 10.3. The average molecular weight is 293 g/mol. The smallest absolute Gasteiger partial charge is 0.204 e. The summed E-state index contributed by atoms with van der Waals surface area (Å²) in [6, 6.07) is 0.630. The highest BCUT2D eigenvalue weighted by atomic mass is 16.5. The van der Waals surface area contributed by atoms with Crippen LogP contribution in [0, 0.1) is 0 Å². The Labute approximate surface area is 125 Å². The number of aromatic nitrogens is 2. The normalized spacial score (nSPS) is 25.4. The van der Waals surface area contributed by atoms with Gasteiger partial charge in [-0.1, -0.05) is 0 Å². The molecule has 0 saturated carbocycles. The highest BCUT2D eigenvalue weighted by molar-refractivity contribution is 5.63. The molecule has 2 aliphatic rings. The maximum atomic E-state index is 5.94. The molecule has 21 heavy (non-hydrogen) atoms. The van der Waals surface area contributed by atoms with Crippen molar-refractivity contribution in [3.05, 3.63) is 6.33 Å². The lowest BCUT2D eigenvalue weighted by molar-refractivity contribution is -0.0416. The molecule has 2 N–H and O–H groups in total. The van der Waals surface area contributed by atoms with E-state index in [1.165, 1.54) is 25.7 Å². The molecular weight excluding hydrogens is 270 g/mol. The summed E-state index contributed by atoms with van der Waals surface area (Å²) >= 11 is 0. The SMILES string of the molecule is CNc1ncnc(NCC2CN3CCCC3CO2)c1OC. The van der Waals surface area contributed by atoms with Gasteiger partial charge in [0, 0.05) is 26.2 Å². The summed E-state index contributed by atoms with van der Waals surface area (Å²) < 4.78 is 11.3. The van der Waals surface area contributed by atoms with Crippen LogP contribution in [0.4, 0.5) is 11.6 Å². The molecule has 0 aromatic carbocycles. The van der Waals surface area contributed by atoms with Crippen LogP contribution in [0.5, 0.6) is 5.75 Å². The number of methoxy groups -OCH3 is 1. The molecule has 2 aliphatic heterocycles. The number of rotatable bonds is 5. The molecule has 2 fully saturated rings. The molecule has 7 heteroatoms. The van der Waals surface area contributed by atoms with Crippen LogP contribution in [0.1, 0.15) is 12.8 Å². The minimum atomic E-state index is 0.192. The Kier molecular flexibility index (Phi) is 4.40. The molecule has 2 atom stereocenters. The van der Waals surface area contributed by atoms with Crippen molar-refractivity contribution in [1.82, 2.24) is 14.9 Å². The number of hydrogen-bond donors (Lipinski definition) is 2. The Balaban J connectivity index is 1.60. The fraction of sp³-hybridized carbons (Fsp3) is 0.714. The number of morpholine rings is 1. The fourth-order valence-electron chi connectivity index (χ4n) is 3.09. The maximum absolute atomic E-state index is 5.94. The zero-order valence-electron chi connectivity index (χ0n) is 12.6. The van der Waals surface area contributed by atoms with Gasteiger partial charge in [0.2, 0.25) is 5.75 Å². The molecule has 7 nitrogen and oxygen atoms in total. The number of ether oxygens (including phenoxy) is 2. The van der Waals surface area contributed by atoms with Gasteiger partial charge in [-0.3, -0.25) is 4.90 Å². The first-order valence-electron chi connectivity index (χ1n) is 7.48. The second kappa shape index (κ2) is 6.44. The van der Waals surface area contributed by atoms with Crippen molar-refractivity contribution in [1.29, 1.82) is 0 Å². The molecule has 0 radical (unpaired) electrons. The number of hydrogen-bond acceptors (Lipinski definition) is 7. The molecule has 1 aromatic heterocycles. The Morgan fingerprint density at radius 3 is 3.10 bits per heavy atom. The minimum absolute atomic E-state index is 0.192. The molecule has 1 aromatic rings. The van der Waals surface area contributed by atoms with Crippen LogP contribution in [0.25, 0.3) is 0 Å². The summed E-state index contributed by atoms with van der Waals surface area (Å²) in [7, 11) is 3.43. The molecule has 116 valence electrons. The van der Waals surface area contributed by atoms with Crippen LogP contribution < -0.4 is 15.4 Å². The molecule has 0 amide bonds. The van der Waals surface area contributed by atoms with Gasteiger partial charge < -0.3 is 20.1 Å². The van der Waals surface area contributed by atoms with Crippen LogP contribution in [0.3, 0.4) is 0 Å². The quantitative estimate of drug-likeness (QED) is 0.832. The summed E-state index contributed by atoms with van der Waals surface area (Å²) in [5.74, 6) is 2.01. The first-order valence-corrected chi connectivity index (χ1v) is 7.48. The first kappa shape index (κ1) is 14.3. The molecule has 0 aliphatic carbocycles. The van der Waals surface area contributed by atoms with E-state index in [2.05, 4.69) is 25.5 Å². The van der Waals surface area contributed by atoms with Crippen molar-refractivity contribution in [3.63, 3.8) is 0 Å². The number of fused-ring (bicyclic) bond motifs is 1. The van der Waals surface area contributed by atoms with Gasteiger partial charge in [-0.25, -0.2) is 9.97 Å². The number of anilines is 2. The molecule has 2 unspecified atom stereocenters. The van der Waals surface area contributed by atoms with Crippen LogP contribution in [0.15, 0.2) is 6.33 Å². The summed E-state index contributed by atoms with van der Waals surface area (Å²) in [5, 5.41) is 6.32. The Morgan fingerprint density at radius 1 is 1.43 bits per heavy atom. The van der Waals surface area contributed by atoms with E-state index in [0.29, 0.717) is 23.4 Å². The van der Waals surface area contributed by atoms with Gasteiger partial charge in [0.15, 0.2) is 11.6 Å². The minimum Gasteiger partial charge on any atom is -0.490 e. The van der Waals surface area contributed by atoms with E-state index >= 15 is 0 Å². The van der Waals surface area contributed by atoms with E-state index < -0.39 is 0 Å². The monoisotopic (exact) mass is 293 g/mol. The van der Waals surface area contributed by atoms with E-state index in [1.807, 2.05) is 7.05 Å². The maximum Gasteiger partial charge on any atom is 0.204 e. The second-order valence-electron chi connectivity index (χ2n) is 5.48. The molecule has 0 bridgehead atoms. The number of nitrogens with zero attached hydrogens (tertiary/aromatic N) is 3. The lowest BCUT2D eigenvalue weighted by Crippen LogP contribution is -2.48. The van der Waals surface area contributed by atoms with Gasteiger partial charge in [0.25, 0.3) is 0 Å².